The maximum atomic E-state index is 13.2. The Morgan fingerprint density at radius 2 is 1.69 bits per heavy atom. The van der Waals surface area contributed by atoms with E-state index in [1.807, 2.05) is 45.0 Å². The van der Waals surface area contributed by atoms with Crippen molar-refractivity contribution < 1.29 is 23.9 Å². The molecule has 184 valence electrons. The average Bonchev–Trinajstić information content (AvgIpc) is 2.84. The van der Waals surface area contributed by atoms with Gasteiger partial charge in [-0.15, -0.1) is 0 Å². The van der Waals surface area contributed by atoms with E-state index in [1.165, 1.54) is 6.08 Å². The fraction of sp³-hybridized carbons (Fsp3) is 0.179. The highest BCUT2D eigenvalue weighted by molar-refractivity contribution is 6.39. The van der Waals surface area contributed by atoms with E-state index in [1.54, 1.807) is 36.4 Å². The van der Waals surface area contributed by atoms with Crippen LogP contribution in [0.2, 0.25) is 5.02 Å². The number of rotatable bonds is 7. The number of carbonyl (C=O) groups is 3. The van der Waals surface area contributed by atoms with Gasteiger partial charge in [-0.3, -0.25) is 14.9 Å². The second kappa shape index (κ2) is 10.7. The quantitative estimate of drug-likeness (QED) is 0.334. The highest BCUT2D eigenvalue weighted by Gasteiger charge is 2.37. The molecule has 4 rings (SSSR count). The second-order valence-corrected chi connectivity index (χ2v) is 8.65. The van der Waals surface area contributed by atoms with Crippen LogP contribution in [0.3, 0.4) is 0 Å². The summed E-state index contributed by atoms with van der Waals surface area (Å²) in [5.41, 5.74) is 3.53. The molecule has 0 radical (unpaired) electrons. The summed E-state index contributed by atoms with van der Waals surface area (Å²) in [6, 6.07) is 16.9. The minimum absolute atomic E-state index is 0.167. The van der Waals surface area contributed by atoms with Crippen LogP contribution in [0.25, 0.3) is 6.08 Å². The third kappa shape index (κ3) is 5.26. The van der Waals surface area contributed by atoms with Crippen LogP contribution in [0.4, 0.5) is 10.5 Å². The summed E-state index contributed by atoms with van der Waals surface area (Å²) >= 11 is 6.22. The average molecular weight is 505 g/mol. The molecule has 0 saturated carbocycles. The minimum atomic E-state index is -0.788. The number of hydrogen-bond acceptors (Lipinski definition) is 5. The molecule has 7 nitrogen and oxygen atoms in total. The Balaban J connectivity index is 1.63. The number of urea groups is 1. The van der Waals surface area contributed by atoms with E-state index < -0.39 is 17.8 Å². The van der Waals surface area contributed by atoms with Crippen molar-refractivity contribution >= 4 is 41.2 Å². The predicted molar refractivity (Wildman–Crippen MR) is 138 cm³/mol. The van der Waals surface area contributed by atoms with Gasteiger partial charge < -0.3 is 9.47 Å². The van der Waals surface area contributed by atoms with Gasteiger partial charge >= 0.3 is 6.03 Å². The molecule has 3 aromatic rings. The van der Waals surface area contributed by atoms with Crippen LogP contribution in [0.15, 0.2) is 66.2 Å². The van der Waals surface area contributed by atoms with Crippen LogP contribution in [-0.4, -0.2) is 24.5 Å². The molecular weight excluding hydrogens is 480 g/mol. The van der Waals surface area contributed by atoms with Crippen molar-refractivity contribution in [3.63, 3.8) is 0 Å². The normalized spacial score (nSPS) is 14.7. The highest BCUT2D eigenvalue weighted by atomic mass is 35.5. The van der Waals surface area contributed by atoms with E-state index in [0.29, 0.717) is 34.4 Å². The molecule has 1 heterocycles. The molecule has 1 aliphatic rings. The van der Waals surface area contributed by atoms with Crippen molar-refractivity contribution in [3.05, 3.63) is 93.5 Å². The summed E-state index contributed by atoms with van der Waals surface area (Å²) < 4.78 is 11.7. The summed E-state index contributed by atoms with van der Waals surface area (Å²) in [6.45, 7) is 6.29. The van der Waals surface area contributed by atoms with Gasteiger partial charge in [0.1, 0.15) is 12.2 Å². The molecule has 0 aliphatic carbocycles. The summed E-state index contributed by atoms with van der Waals surface area (Å²) in [5, 5.41) is 2.85. The molecule has 0 spiro atoms. The molecule has 1 aliphatic heterocycles. The van der Waals surface area contributed by atoms with Gasteiger partial charge in [0.25, 0.3) is 11.8 Å². The van der Waals surface area contributed by atoms with Gasteiger partial charge in [-0.05, 0) is 73.9 Å². The number of halogens is 1. The molecule has 36 heavy (non-hydrogen) atoms. The van der Waals surface area contributed by atoms with Crippen LogP contribution >= 0.6 is 11.6 Å². The first-order valence-electron chi connectivity index (χ1n) is 11.4. The van der Waals surface area contributed by atoms with Crippen molar-refractivity contribution in [2.24, 2.45) is 0 Å². The molecule has 1 N–H and O–H groups in total. The van der Waals surface area contributed by atoms with Crippen molar-refractivity contribution in [3.8, 4) is 11.5 Å². The lowest BCUT2D eigenvalue weighted by Crippen LogP contribution is -2.54. The maximum absolute atomic E-state index is 13.2. The van der Waals surface area contributed by atoms with Gasteiger partial charge in [0.2, 0.25) is 0 Å². The molecule has 0 atom stereocenters. The van der Waals surface area contributed by atoms with E-state index in [9.17, 15) is 14.4 Å². The number of nitrogens with one attached hydrogen (secondary N) is 1. The maximum Gasteiger partial charge on any atom is 0.335 e. The smallest absolute Gasteiger partial charge is 0.335 e. The summed E-state index contributed by atoms with van der Waals surface area (Å²) in [5.74, 6) is -0.527. The van der Waals surface area contributed by atoms with Crippen molar-refractivity contribution in [2.75, 3.05) is 11.5 Å². The number of benzene rings is 3. The standard InChI is InChI=1S/C28H25ClN2O5/c1-4-35-25-15-19(10-12-24(25)36-16-20-7-5-6-8-23(20)29)14-22-26(32)30-28(34)31(27(22)33)21-11-9-17(2)18(3)13-21/h5-15H,4,16H2,1-3H3,(H,30,32,34)/b22-14+. The first-order chi connectivity index (χ1) is 17.3. The Bertz CT molecular complexity index is 1380. The molecule has 3 aromatic carbocycles. The van der Waals surface area contributed by atoms with Crippen LogP contribution in [-0.2, 0) is 16.2 Å². The first kappa shape index (κ1) is 25.0. The summed E-state index contributed by atoms with van der Waals surface area (Å²) in [6.07, 6.45) is 1.43. The van der Waals surface area contributed by atoms with Gasteiger partial charge in [0.15, 0.2) is 11.5 Å². The zero-order valence-corrected chi connectivity index (χ0v) is 20.9. The number of nitrogens with zero attached hydrogens (tertiary/aromatic N) is 1. The van der Waals surface area contributed by atoms with E-state index >= 15 is 0 Å². The number of imide groups is 2. The number of aryl methyl sites for hydroxylation is 2. The lowest BCUT2D eigenvalue weighted by molar-refractivity contribution is -0.122. The summed E-state index contributed by atoms with van der Waals surface area (Å²) in [4.78, 5) is 39.3. The highest BCUT2D eigenvalue weighted by Crippen LogP contribution is 2.31. The SMILES string of the molecule is CCOc1cc(/C=C2\C(=O)NC(=O)N(c3ccc(C)c(C)c3)C2=O)ccc1OCc1ccccc1Cl. The van der Waals surface area contributed by atoms with Crippen LogP contribution in [0.5, 0.6) is 11.5 Å². The zero-order valence-electron chi connectivity index (χ0n) is 20.1. The van der Waals surface area contributed by atoms with Gasteiger partial charge in [-0.1, -0.05) is 41.9 Å². The Hall–Kier alpha value is -4.10. The third-order valence-electron chi connectivity index (χ3n) is 5.77. The van der Waals surface area contributed by atoms with Gasteiger partial charge in [0, 0.05) is 10.6 Å². The fourth-order valence-electron chi connectivity index (χ4n) is 3.70. The van der Waals surface area contributed by atoms with Crippen LogP contribution in [0.1, 0.15) is 29.2 Å². The van der Waals surface area contributed by atoms with Crippen LogP contribution < -0.4 is 19.7 Å². The molecular formula is C28H25ClN2O5. The molecule has 0 aromatic heterocycles. The largest absolute Gasteiger partial charge is 0.490 e. The van der Waals surface area contributed by atoms with E-state index in [-0.39, 0.29) is 12.2 Å². The number of ether oxygens (including phenoxy) is 2. The Morgan fingerprint density at radius 1 is 0.917 bits per heavy atom. The number of carbonyl (C=O) groups excluding carboxylic acids is 3. The zero-order chi connectivity index (χ0) is 25.8. The number of anilines is 1. The van der Waals surface area contributed by atoms with E-state index in [2.05, 4.69) is 5.32 Å². The molecule has 4 amide bonds. The van der Waals surface area contributed by atoms with Crippen LogP contribution in [0, 0.1) is 13.8 Å². The minimum Gasteiger partial charge on any atom is -0.490 e. The first-order valence-corrected chi connectivity index (χ1v) is 11.8. The number of hydrogen-bond donors (Lipinski definition) is 1. The second-order valence-electron chi connectivity index (χ2n) is 8.25. The van der Waals surface area contributed by atoms with E-state index in [0.717, 1.165) is 21.6 Å². The topological polar surface area (TPSA) is 84.9 Å². The Labute approximate surface area is 214 Å². The number of amides is 4. The Kier molecular flexibility index (Phi) is 7.41. The Morgan fingerprint density at radius 3 is 2.42 bits per heavy atom. The molecule has 0 bridgehead atoms. The predicted octanol–water partition coefficient (Wildman–Crippen LogP) is 5.60. The fourth-order valence-corrected chi connectivity index (χ4v) is 3.89. The van der Waals surface area contributed by atoms with E-state index in [4.69, 9.17) is 21.1 Å². The molecule has 1 fully saturated rings. The molecule has 1 saturated heterocycles. The van der Waals surface area contributed by atoms with Crippen molar-refractivity contribution in [2.45, 2.75) is 27.4 Å². The third-order valence-corrected chi connectivity index (χ3v) is 6.14. The van der Waals surface area contributed by atoms with Crippen molar-refractivity contribution in [1.29, 1.82) is 0 Å². The van der Waals surface area contributed by atoms with Gasteiger partial charge in [-0.2, -0.15) is 0 Å². The summed E-state index contributed by atoms with van der Waals surface area (Å²) in [7, 11) is 0. The molecule has 8 heteroatoms. The number of barbiturate groups is 1. The monoisotopic (exact) mass is 504 g/mol. The lowest BCUT2D eigenvalue weighted by atomic mass is 10.0. The van der Waals surface area contributed by atoms with Gasteiger partial charge in [0.05, 0.1) is 12.3 Å². The molecule has 0 unspecified atom stereocenters. The van der Waals surface area contributed by atoms with Gasteiger partial charge in [-0.25, -0.2) is 9.69 Å². The lowest BCUT2D eigenvalue weighted by Gasteiger charge is -2.27. The van der Waals surface area contributed by atoms with Crippen molar-refractivity contribution in [1.82, 2.24) is 5.32 Å².